The number of esters is 1. The quantitative estimate of drug-likeness (QED) is 0.401. The first kappa shape index (κ1) is 23.7. The highest BCUT2D eigenvalue weighted by Gasteiger charge is 2.43. The molecule has 3 atom stereocenters. The number of nitrogens with one attached hydrogen (secondary N) is 1. The highest BCUT2D eigenvalue weighted by Crippen LogP contribution is 2.30. The summed E-state index contributed by atoms with van der Waals surface area (Å²) in [5, 5.41) is 0. The van der Waals surface area contributed by atoms with Crippen LogP contribution in [-0.4, -0.2) is 47.1 Å². The Bertz CT molecular complexity index is 912. The van der Waals surface area contributed by atoms with Gasteiger partial charge in [-0.25, -0.2) is 9.59 Å². The second-order valence-electron chi connectivity index (χ2n) is 6.75. The Labute approximate surface area is 170 Å². The lowest BCUT2D eigenvalue weighted by Gasteiger charge is -2.18. The van der Waals surface area contributed by atoms with Crippen LogP contribution < -0.4 is 11.2 Å². The molecule has 2 heterocycles. The van der Waals surface area contributed by atoms with Gasteiger partial charge in [0.15, 0.2) is 0 Å². The van der Waals surface area contributed by atoms with E-state index in [2.05, 4.69) is 21.6 Å². The maximum Gasteiger partial charge on any atom is 0.490 e. The summed E-state index contributed by atoms with van der Waals surface area (Å²) in [7, 11) is 0. The van der Waals surface area contributed by atoms with E-state index in [1.807, 2.05) is 6.92 Å². The molecule has 8 nitrogen and oxygen atoms in total. The first-order chi connectivity index (χ1) is 14.1. The van der Waals surface area contributed by atoms with Gasteiger partial charge in [-0.2, -0.15) is 13.2 Å². The third kappa shape index (κ3) is 6.47. The van der Waals surface area contributed by atoms with Crippen LogP contribution in [0.5, 0.6) is 0 Å². The van der Waals surface area contributed by atoms with Gasteiger partial charge >= 0.3 is 17.8 Å². The smallest absolute Gasteiger partial charge is 0.456 e. The molecule has 0 aliphatic carbocycles. The third-order valence-corrected chi connectivity index (χ3v) is 4.40. The van der Waals surface area contributed by atoms with Gasteiger partial charge in [0.1, 0.15) is 25.5 Å². The molecule has 1 aromatic rings. The molecule has 166 valence electrons. The van der Waals surface area contributed by atoms with Crippen LogP contribution in [0.3, 0.4) is 0 Å². The third-order valence-electron chi connectivity index (χ3n) is 4.40. The van der Waals surface area contributed by atoms with Gasteiger partial charge in [-0.05, 0) is 13.3 Å². The van der Waals surface area contributed by atoms with E-state index in [1.54, 1.807) is 0 Å². The van der Waals surface area contributed by atoms with Gasteiger partial charge < -0.3 is 14.2 Å². The lowest BCUT2D eigenvalue weighted by Crippen LogP contribution is -2.34. The summed E-state index contributed by atoms with van der Waals surface area (Å²) >= 11 is 0. The van der Waals surface area contributed by atoms with Crippen molar-refractivity contribution in [2.24, 2.45) is 0 Å². The monoisotopic (exact) mass is 432 g/mol. The van der Waals surface area contributed by atoms with Crippen molar-refractivity contribution >= 4 is 5.97 Å². The van der Waals surface area contributed by atoms with Crippen LogP contribution in [0, 0.1) is 18.8 Å². The number of H-pyrrole nitrogens is 1. The molecule has 1 fully saturated rings. The fraction of sp³-hybridized carbons (Fsp3) is 0.632. The normalized spacial score (nSPS) is 21.2. The van der Waals surface area contributed by atoms with Crippen LogP contribution in [0.1, 0.15) is 44.4 Å². The van der Waals surface area contributed by atoms with E-state index >= 15 is 0 Å². The second kappa shape index (κ2) is 10.4. The zero-order chi connectivity index (χ0) is 22.3. The van der Waals surface area contributed by atoms with Crippen molar-refractivity contribution in [1.82, 2.24) is 9.55 Å². The molecule has 0 unspecified atom stereocenters. The Morgan fingerprint density at radius 1 is 1.37 bits per heavy atom. The van der Waals surface area contributed by atoms with Crippen LogP contribution in [0.2, 0.25) is 0 Å². The van der Waals surface area contributed by atoms with Crippen LogP contribution >= 0.6 is 0 Å². The van der Waals surface area contributed by atoms with Crippen LogP contribution in [0.15, 0.2) is 15.8 Å². The van der Waals surface area contributed by atoms with Crippen LogP contribution in [-0.2, 0) is 19.0 Å². The summed E-state index contributed by atoms with van der Waals surface area (Å²) in [5.74, 6) is 3.38. The predicted octanol–water partition coefficient (Wildman–Crippen LogP) is 1.82. The maximum absolute atomic E-state index is 12.4. The molecule has 1 aliphatic heterocycles. The zero-order valence-electron chi connectivity index (χ0n) is 16.6. The molecular weight excluding hydrogens is 409 g/mol. The van der Waals surface area contributed by atoms with Gasteiger partial charge in [0.2, 0.25) is 0 Å². The van der Waals surface area contributed by atoms with Gasteiger partial charge in [0.05, 0.1) is 6.10 Å². The Hall–Kier alpha value is -2.58. The minimum atomic E-state index is -5.13. The highest BCUT2D eigenvalue weighted by atomic mass is 19.4. The Kier molecular flexibility index (Phi) is 8.25. The number of ether oxygens (including phenoxy) is 3. The van der Waals surface area contributed by atoms with Gasteiger partial charge in [-0.15, -0.1) is 5.92 Å². The molecule has 2 rings (SSSR count). The Morgan fingerprint density at radius 2 is 2.10 bits per heavy atom. The summed E-state index contributed by atoms with van der Waals surface area (Å²) in [6.45, 7) is 2.82. The summed E-state index contributed by atoms with van der Waals surface area (Å²) in [6, 6.07) is 0. The Morgan fingerprint density at radius 3 is 2.77 bits per heavy atom. The van der Waals surface area contributed by atoms with Gasteiger partial charge in [0.25, 0.3) is 5.56 Å². The number of unbranched alkanes of at least 4 members (excludes halogenated alkanes) is 2. The van der Waals surface area contributed by atoms with Crippen LogP contribution in [0.25, 0.3) is 0 Å². The molecule has 0 saturated carbocycles. The maximum atomic E-state index is 12.4. The molecule has 1 aromatic heterocycles. The fourth-order valence-corrected chi connectivity index (χ4v) is 2.79. The minimum absolute atomic E-state index is 0.00767. The number of rotatable bonds is 7. The molecule has 0 amide bonds. The van der Waals surface area contributed by atoms with Crippen molar-refractivity contribution in [1.29, 1.82) is 0 Å². The lowest BCUT2D eigenvalue weighted by molar-refractivity contribution is -0.204. The standard InChI is InChI=1S/C19H23F3N2O6/c1-3-4-5-6-7-8-28-13-9-15(24-10-12(2)16(25)23-18(24)27)30-14(13)11-29-17(26)19(20,21)22/h10,13-15H,3-5,8-9,11H2,1-2H3,(H,23,25,27)/t13-,14+,15+/m0/s1. The average molecular weight is 432 g/mol. The molecule has 30 heavy (non-hydrogen) atoms. The van der Waals surface area contributed by atoms with E-state index in [4.69, 9.17) is 9.47 Å². The van der Waals surface area contributed by atoms with Crippen LogP contribution in [0.4, 0.5) is 13.2 Å². The molecule has 0 spiro atoms. The van der Waals surface area contributed by atoms with Gasteiger partial charge in [-0.3, -0.25) is 14.3 Å². The number of halogens is 3. The van der Waals surface area contributed by atoms with Gasteiger partial charge in [-0.1, -0.05) is 19.3 Å². The second-order valence-corrected chi connectivity index (χ2v) is 6.75. The fourth-order valence-electron chi connectivity index (χ4n) is 2.79. The van der Waals surface area contributed by atoms with E-state index in [1.165, 1.54) is 13.1 Å². The molecule has 0 aromatic carbocycles. The number of alkyl halides is 3. The minimum Gasteiger partial charge on any atom is -0.456 e. The first-order valence-electron chi connectivity index (χ1n) is 9.42. The van der Waals surface area contributed by atoms with E-state index in [0.717, 1.165) is 17.4 Å². The van der Waals surface area contributed by atoms with Crippen molar-refractivity contribution in [3.63, 3.8) is 0 Å². The van der Waals surface area contributed by atoms with Crippen molar-refractivity contribution in [3.05, 3.63) is 32.6 Å². The van der Waals surface area contributed by atoms with Crippen molar-refractivity contribution in [2.75, 3.05) is 13.2 Å². The highest BCUT2D eigenvalue weighted by molar-refractivity contribution is 5.75. The first-order valence-corrected chi connectivity index (χ1v) is 9.42. The summed E-state index contributed by atoms with van der Waals surface area (Å²) in [6.07, 6.45) is -3.85. The number of carbonyl (C=O) groups is 1. The predicted molar refractivity (Wildman–Crippen MR) is 98.6 cm³/mol. The summed E-state index contributed by atoms with van der Waals surface area (Å²) < 4.78 is 53.8. The number of aromatic nitrogens is 2. The molecule has 0 bridgehead atoms. The van der Waals surface area contributed by atoms with E-state index in [9.17, 15) is 27.6 Å². The number of nitrogens with zero attached hydrogens (tertiary/aromatic N) is 1. The van der Waals surface area contributed by atoms with E-state index < -0.39 is 48.4 Å². The van der Waals surface area contributed by atoms with Crippen molar-refractivity contribution in [3.8, 4) is 11.8 Å². The van der Waals surface area contributed by atoms with Crippen molar-refractivity contribution in [2.45, 2.75) is 64.1 Å². The molecule has 1 N–H and O–H groups in total. The van der Waals surface area contributed by atoms with E-state index in [0.29, 0.717) is 6.42 Å². The number of hydrogen-bond donors (Lipinski definition) is 1. The van der Waals surface area contributed by atoms with Gasteiger partial charge in [0, 0.05) is 24.6 Å². The van der Waals surface area contributed by atoms with E-state index in [-0.39, 0.29) is 18.6 Å². The number of hydrogen-bond acceptors (Lipinski definition) is 6. The zero-order valence-corrected chi connectivity index (χ0v) is 16.6. The largest absolute Gasteiger partial charge is 0.490 e. The lowest BCUT2D eigenvalue weighted by atomic mass is 10.2. The number of carbonyl (C=O) groups excluding carboxylic acids is 1. The number of aryl methyl sites for hydroxylation is 1. The molecule has 0 radical (unpaired) electrons. The molecular formula is C19H23F3N2O6. The molecule has 11 heteroatoms. The Balaban J connectivity index is 2.11. The average Bonchev–Trinajstić information content (AvgIpc) is 3.07. The topological polar surface area (TPSA) is 99.6 Å². The number of aromatic amines is 1. The van der Waals surface area contributed by atoms with Crippen molar-refractivity contribution < 1.29 is 32.2 Å². The summed E-state index contributed by atoms with van der Waals surface area (Å²) in [5.41, 5.74) is -1.04. The summed E-state index contributed by atoms with van der Waals surface area (Å²) in [4.78, 5) is 36.8. The molecule has 1 saturated heterocycles. The SMILES string of the molecule is CCCCC#CCO[C@H]1C[C@H](n2cc(C)c(=O)[nH]c2=O)O[C@@H]1COC(=O)C(F)(F)F. The molecule has 1 aliphatic rings.